The summed E-state index contributed by atoms with van der Waals surface area (Å²) in [4.78, 5) is 12.3. The molecule has 1 rings (SSSR count). The number of carbonyl (C=O) groups excluding carboxylic acids is 1. The summed E-state index contributed by atoms with van der Waals surface area (Å²) >= 11 is 1.87. The summed E-state index contributed by atoms with van der Waals surface area (Å²) in [5.74, 6) is 0.0178. The van der Waals surface area contributed by atoms with Gasteiger partial charge in [-0.15, -0.1) is 11.8 Å². The maximum Gasteiger partial charge on any atom is 0.323 e. The molecule has 1 unspecified atom stereocenters. The van der Waals surface area contributed by atoms with Gasteiger partial charge in [-0.2, -0.15) is 0 Å². The molecule has 0 spiro atoms. The zero-order chi connectivity index (χ0) is 18.6. The summed E-state index contributed by atoms with van der Waals surface area (Å²) in [5.41, 5.74) is 0. The van der Waals surface area contributed by atoms with E-state index in [1.54, 1.807) is 7.11 Å². The van der Waals surface area contributed by atoms with E-state index in [1.807, 2.05) is 11.8 Å². The zero-order valence-corrected chi connectivity index (χ0v) is 18.1. The first-order valence-electron chi connectivity index (χ1n) is 10.9. The Bertz CT molecular complexity index is 365. The fraction of sp³-hybridized carbons (Fsp3) is 0.955. The van der Waals surface area contributed by atoms with Crippen LogP contribution in [0.4, 0.5) is 0 Å². The molecule has 25 heavy (non-hydrogen) atoms. The third-order valence-electron chi connectivity index (χ3n) is 6.10. The van der Waals surface area contributed by atoms with Crippen LogP contribution in [-0.4, -0.2) is 22.6 Å². The minimum atomic E-state index is -0.232. The second-order valence-corrected chi connectivity index (χ2v) is 9.44. The van der Waals surface area contributed by atoms with Gasteiger partial charge in [0, 0.05) is 4.75 Å². The van der Waals surface area contributed by atoms with Crippen LogP contribution in [-0.2, 0) is 9.53 Å². The standard InChI is InChI=1S/C22H42O2S/c1-5-8-9-10-11-12-13-14-15-16-17-18-19-22(20(23)24-4)21(6-2,7-3)25-22/h5-19H2,1-4H3. The Morgan fingerprint density at radius 2 is 1.20 bits per heavy atom. The lowest BCUT2D eigenvalue weighted by molar-refractivity contribution is -0.143. The van der Waals surface area contributed by atoms with Gasteiger partial charge in [0.25, 0.3) is 0 Å². The van der Waals surface area contributed by atoms with Gasteiger partial charge < -0.3 is 4.74 Å². The van der Waals surface area contributed by atoms with Crippen molar-refractivity contribution in [3.8, 4) is 0 Å². The largest absolute Gasteiger partial charge is 0.468 e. The summed E-state index contributed by atoms with van der Waals surface area (Å²) in [5, 5.41) is 0. The van der Waals surface area contributed by atoms with Gasteiger partial charge in [0.1, 0.15) is 4.75 Å². The monoisotopic (exact) mass is 370 g/mol. The molecule has 3 heteroatoms. The molecule has 1 heterocycles. The van der Waals surface area contributed by atoms with E-state index in [-0.39, 0.29) is 15.5 Å². The van der Waals surface area contributed by atoms with Gasteiger partial charge in [-0.1, -0.05) is 97.8 Å². The maximum absolute atomic E-state index is 12.3. The molecule has 1 saturated heterocycles. The maximum atomic E-state index is 12.3. The van der Waals surface area contributed by atoms with Crippen molar-refractivity contribution in [3.05, 3.63) is 0 Å². The predicted molar refractivity (Wildman–Crippen MR) is 111 cm³/mol. The van der Waals surface area contributed by atoms with Gasteiger partial charge in [0.05, 0.1) is 7.11 Å². The molecular formula is C22H42O2S. The van der Waals surface area contributed by atoms with Gasteiger partial charge >= 0.3 is 5.97 Å². The minimum absolute atomic E-state index is 0.0178. The van der Waals surface area contributed by atoms with Crippen LogP contribution < -0.4 is 0 Å². The minimum Gasteiger partial charge on any atom is -0.468 e. The van der Waals surface area contributed by atoms with Crippen molar-refractivity contribution in [1.82, 2.24) is 0 Å². The molecule has 0 bridgehead atoms. The van der Waals surface area contributed by atoms with Crippen molar-refractivity contribution in [3.63, 3.8) is 0 Å². The van der Waals surface area contributed by atoms with Crippen LogP contribution in [0.2, 0.25) is 0 Å². The van der Waals surface area contributed by atoms with Crippen molar-refractivity contribution in [2.45, 2.75) is 127 Å². The second kappa shape index (κ2) is 12.3. The number of hydrogen-bond acceptors (Lipinski definition) is 3. The molecule has 0 radical (unpaired) electrons. The molecule has 0 aromatic carbocycles. The van der Waals surface area contributed by atoms with Crippen LogP contribution in [0.15, 0.2) is 0 Å². The number of carbonyl (C=O) groups is 1. The first-order valence-corrected chi connectivity index (χ1v) is 11.7. The summed E-state index contributed by atoms with van der Waals surface area (Å²) in [6.45, 7) is 6.70. The van der Waals surface area contributed by atoms with Crippen LogP contribution in [0, 0.1) is 0 Å². The van der Waals surface area contributed by atoms with E-state index < -0.39 is 0 Å². The molecule has 1 aliphatic heterocycles. The fourth-order valence-corrected chi connectivity index (χ4v) is 6.05. The predicted octanol–water partition coefficient (Wildman–Crippen LogP) is 7.30. The fourth-order valence-electron chi connectivity index (χ4n) is 4.26. The molecule has 0 aromatic heterocycles. The quantitative estimate of drug-likeness (QED) is 0.162. The van der Waals surface area contributed by atoms with E-state index in [0.717, 1.165) is 19.3 Å². The number of rotatable bonds is 16. The molecule has 1 atom stereocenters. The van der Waals surface area contributed by atoms with Gasteiger partial charge in [-0.25, -0.2) is 0 Å². The number of thioether (sulfide) groups is 1. The molecule has 2 nitrogen and oxygen atoms in total. The number of methoxy groups -OCH3 is 1. The van der Waals surface area contributed by atoms with Crippen LogP contribution in [0.1, 0.15) is 117 Å². The summed E-state index contributed by atoms with van der Waals surface area (Å²) in [7, 11) is 1.54. The molecule has 0 saturated carbocycles. The lowest BCUT2D eigenvalue weighted by atomic mass is 9.84. The lowest BCUT2D eigenvalue weighted by Gasteiger charge is -2.19. The Balaban J connectivity index is 2.08. The van der Waals surface area contributed by atoms with E-state index in [4.69, 9.17) is 4.74 Å². The van der Waals surface area contributed by atoms with E-state index >= 15 is 0 Å². The number of unbranched alkanes of at least 4 members (excludes halogenated alkanes) is 11. The molecule has 0 aliphatic carbocycles. The average Bonchev–Trinajstić information content (AvgIpc) is 3.31. The normalized spacial score (nSPS) is 21.3. The van der Waals surface area contributed by atoms with Gasteiger partial charge in [0.15, 0.2) is 0 Å². The first-order chi connectivity index (χ1) is 12.1. The molecule has 0 aromatic rings. The Hall–Kier alpha value is -0.180. The third kappa shape index (κ3) is 6.48. The Morgan fingerprint density at radius 3 is 1.56 bits per heavy atom. The van der Waals surface area contributed by atoms with Crippen molar-refractivity contribution in [2.24, 2.45) is 0 Å². The van der Waals surface area contributed by atoms with Crippen molar-refractivity contribution < 1.29 is 9.53 Å². The molecule has 1 aliphatic rings. The van der Waals surface area contributed by atoms with E-state index in [9.17, 15) is 4.79 Å². The Kier molecular flexibility index (Phi) is 11.2. The highest BCUT2D eigenvalue weighted by molar-refractivity contribution is 8.10. The van der Waals surface area contributed by atoms with E-state index in [0.29, 0.717) is 0 Å². The Labute approximate surface area is 161 Å². The first kappa shape index (κ1) is 22.9. The van der Waals surface area contributed by atoms with Crippen LogP contribution in [0.5, 0.6) is 0 Å². The molecule has 148 valence electrons. The molecule has 0 amide bonds. The van der Waals surface area contributed by atoms with Gasteiger partial charge in [-0.3, -0.25) is 4.79 Å². The molecule has 0 N–H and O–H groups in total. The third-order valence-corrected chi connectivity index (χ3v) is 8.33. The zero-order valence-electron chi connectivity index (χ0n) is 17.3. The van der Waals surface area contributed by atoms with Gasteiger partial charge in [0.2, 0.25) is 0 Å². The Morgan fingerprint density at radius 1 is 0.760 bits per heavy atom. The highest BCUT2D eigenvalue weighted by Crippen LogP contribution is 2.70. The summed E-state index contributed by atoms with van der Waals surface area (Å²) in [6, 6.07) is 0. The highest BCUT2D eigenvalue weighted by Gasteiger charge is 2.71. The highest BCUT2D eigenvalue weighted by atomic mass is 32.2. The van der Waals surface area contributed by atoms with Crippen LogP contribution >= 0.6 is 11.8 Å². The van der Waals surface area contributed by atoms with E-state index in [1.165, 1.54) is 77.0 Å². The summed E-state index contributed by atoms with van der Waals surface area (Å²) < 4.78 is 5.05. The van der Waals surface area contributed by atoms with Gasteiger partial charge in [-0.05, 0) is 19.3 Å². The van der Waals surface area contributed by atoms with Crippen LogP contribution in [0.25, 0.3) is 0 Å². The molecular weight excluding hydrogens is 328 g/mol. The lowest BCUT2D eigenvalue weighted by Crippen LogP contribution is -2.34. The average molecular weight is 371 g/mol. The number of hydrogen-bond donors (Lipinski definition) is 0. The molecule has 1 fully saturated rings. The van der Waals surface area contributed by atoms with E-state index in [2.05, 4.69) is 20.8 Å². The topological polar surface area (TPSA) is 26.3 Å². The summed E-state index contributed by atoms with van der Waals surface area (Å²) in [6.07, 6.45) is 19.5. The van der Waals surface area contributed by atoms with Crippen LogP contribution in [0.3, 0.4) is 0 Å². The van der Waals surface area contributed by atoms with Crippen molar-refractivity contribution in [1.29, 1.82) is 0 Å². The SMILES string of the molecule is CCCCCCCCCCCCCCC1(C(=O)OC)SC1(CC)CC. The van der Waals surface area contributed by atoms with Crippen molar-refractivity contribution in [2.75, 3.05) is 7.11 Å². The number of ether oxygens (including phenoxy) is 1. The second-order valence-electron chi connectivity index (χ2n) is 7.76. The number of esters is 1. The van der Waals surface area contributed by atoms with Crippen molar-refractivity contribution >= 4 is 17.7 Å². The smallest absolute Gasteiger partial charge is 0.323 e.